The van der Waals surface area contributed by atoms with Crippen molar-refractivity contribution < 1.29 is 14.3 Å². The quantitative estimate of drug-likeness (QED) is 0.890. The van der Waals surface area contributed by atoms with Gasteiger partial charge in [-0.15, -0.1) is 0 Å². The third-order valence-corrected chi connectivity index (χ3v) is 5.83. The van der Waals surface area contributed by atoms with Crippen molar-refractivity contribution in [1.29, 1.82) is 0 Å². The standard InChI is InChI=1S/C19H26N2O3/c22-18(14-6-9-20-11-14)21-12-19(7-2-1-3-8-19)15-4-5-16-17(10-15)24-13-23-16/h4-5,10,14,20H,1-3,6-9,11-13H2,(H,21,22). The minimum Gasteiger partial charge on any atom is -0.454 e. The fourth-order valence-corrected chi connectivity index (χ4v) is 4.30. The summed E-state index contributed by atoms with van der Waals surface area (Å²) in [5.74, 6) is 1.99. The van der Waals surface area contributed by atoms with E-state index in [1.165, 1.54) is 24.8 Å². The molecule has 0 aromatic heterocycles. The third-order valence-electron chi connectivity index (χ3n) is 5.83. The van der Waals surface area contributed by atoms with Crippen LogP contribution < -0.4 is 20.1 Å². The predicted octanol–water partition coefficient (Wildman–Crippen LogP) is 2.34. The lowest BCUT2D eigenvalue weighted by Crippen LogP contribution is -2.44. The van der Waals surface area contributed by atoms with Gasteiger partial charge in [-0.25, -0.2) is 0 Å². The lowest BCUT2D eigenvalue weighted by atomic mass is 9.69. The molecule has 1 aliphatic carbocycles. The molecule has 1 unspecified atom stereocenters. The molecular formula is C19H26N2O3. The average molecular weight is 330 g/mol. The number of hydrogen-bond donors (Lipinski definition) is 2. The highest BCUT2D eigenvalue weighted by molar-refractivity contribution is 5.79. The van der Waals surface area contributed by atoms with Gasteiger partial charge in [-0.05, 0) is 43.5 Å². The maximum absolute atomic E-state index is 12.5. The first kappa shape index (κ1) is 15.8. The molecule has 1 amide bonds. The van der Waals surface area contributed by atoms with Gasteiger partial charge in [0, 0.05) is 18.5 Å². The first-order valence-corrected chi connectivity index (χ1v) is 9.15. The number of ether oxygens (including phenoxy) is 2. The van der Waals surface area contributed by atoms with Crippen LogP contribution in [-0.4, -0.2) is 32.3 Å². The van der Waals surface area contributed by atoms with Crippen LogP contribution in [0.2, 0.25) is 0 Å². The Morgan fingerprint density at radius 2 is 2.04 bits per heavy atom. The van der Waals surface area contributed by atoms with Gasteiger partial charge < -0.3 is 20.1 Å². The molecule has 1 aromatic rings. The molecule has 1 saturated carbocycles. The van der Waals surface area contributed by atoms with Crippen molar-refractivity contribution in [3.05, 3.63) is 23.8 Å². The monoisotopic (exact) mass is 330 g/mol. The van der Waals surface area contributed by atoms with Crippen molar-refractivity contribution in [2.24, 2.45) is 5.92 Å². The van der Waals surface area contributed by atoms with E-state index in [9.17, 15) is 4.79 Å². The van der Waals surface area contributed by atoms with Crippen LogP contribution in [0.5, 0.6) is 11.5 Å². The first-order valence-electron chi connectivity index (χ1n) is 9.15. The topological polar surface area (TPSA) is 59.6 Å². The molecule has 2 aliphatic heterocycles. The Balaban J connectivity index is 1.52. The Kier molecular flexibility index (Phi) is 4.35. The number of amides is 1. The Morgan fingerprint density at radius 1 is 1.21 bits per heavy atom. The predicted molar refractivity (Wildman–Crippen MR) is 91.3 cm³/mol. The highest BCUT2D eigenvalue weighted by Gasteiger charge is 2.36. The fourth-order valence-electron chi connectivity index (χ4n) is 4.30. The smallest absolute Gasteiger partial charge is 0.231 e. The summed E-state index contributed by atoms with van der Waals surface area (Å²) in [5.41, 5.74) is 1.30. The van der Waals surface area contributed by atoms with Crippen molar-refractivity contribution in [3.63, 3.8) is 0 Å². The normalized spacial score (nSPS) is 24.8. The van der Waals surface area contributed by atoms with Crippen LogP contribution in [0.15, 0.2) is 18.2 Å². The van der Waals surface area contributed by atoms with Crippen LogP contribution in [0.3, 0.4) is 0 Å². The molecule has 0 radical (unpaired) electrons. The molecule has 2 N–H and O–H groups in total. The van der Waals surface area contributed by atoms with Crippen molar-refractivity contribution in [1.82, 2.24) is 10.6 Å². The Morgan fingerprint density at radius 3 is 2.83 bits per heavy atom. The minimum atomic E-state index is 0.0287. The summed E-state index contributed by atoms with van der Waals surface area (Å²) in [6.07, 6.45) is 6.91. The molecule has 5 nitrogen and oxygen atoms in total. The molecule has 5 heteroatoms. The van der Waals surface area contributed by atoms with E-state index in [-0.39, 0.29) is 17.2 Å². The lowest BCUT2D eigenvalue weighted by Gasteiger charge is -2.38. The zero-order valence-electron chi connectivity index (χ0n) is 14.1. The zero-order valence-corrected chi connectivity index (χ0v) is 14.1. The Bertz CT molecular complexity index is 605. The van der Waals surface area contributed by atoms with Crippen LogP contribution >= 0.6 is 0 Å². The van der Waals surface area contributed by atoms with E-state index in [0.29, 0.717) is 6.79 Å². The Labute approximate surface area is 143 Å². The van der Waals surface area contributed by atoms with Gasteiger partial charge in [-0.3, -0.25) is 4.79 Å². The van der Waals surface area contributed by atoms with Crippen LogP contribution in [0.25, 0.3) is 0 Å². The highest BCUT2D eigenvalue weighted by atomic mass is 16.7. The van der Waals surface area contributed by atoms with Gasteiger partial charge in [0.2, 0.25) is 12.7 Å². The van der Waals surface area contributed by atoms with Gasteiger partial charge in [0.05, 0.1) is 5.92 Å². The number of benzene rings is 1. The number of fused-ring (bicyclic) bond motifs is 1. The number of carbonyl (C=O) groups excluding carboxylic acids is 1. The molecule has 0 spiro atoms. The number of hydrogen-bond acceptors (Lipinski definition) is 4. The molecule has 1 saturated heterocycles. The van der Waals surface area contributed by atoms with E-state index in [1.54, 1.807) is 0 Å². The highest BCUT2D eigenvalue weighted by Crippen LogP contribution is 2.43. The van der Waals surface area contributed by atoms with E-state index >= 15 is 0 Å². The molecular weight excluding hydrogens is 304 g/mol. The van der Waals surface area contributed by atoms with Crippen LogP contribution in [0.4, 0.5) is 0 Å². The summed E-state index contributed by atoms with van der Waals surface area (Å²) in [5, 5.41) is 6.52. The third kappa shape index (κ3) is 2.97. The average Bonchev–Trinajstić information content (AvgIpc) is 3.31. The molecule has 2 heterocycles. The van der Waals surface area contributed by atoms with E-state index in [1.807, 2.05) is 6.07 Å². The van der Waals surface area contributed by atoms with Crippen molar-refractivity contribution in [2.45, 2.75) is 43.9 Å². The summed E-state index contributed by atoms with van der Waals surface area (Å²) < 4.78 is 11.0. The second kappa shape index (κ2) is 6.63. The van der Waals surface area contributed by atoms with Gasteiger partial charge in [0.25, 0.3) is 0 Å². The zero-order chi connectivity index (χ0) is 16.4. The molecule has 1 aromatic carbocycles. The number of carbonyl (C=O) groups is 1. The van der Waals surface area contributed by atoms with Gasteiger partial charge in [0.1, 0.15) is 0 Å². The summed E-state index contributed by atoms with van der Waals surface area (Å²) in [6, 6.07) is 6.29. The molecule has 3 aliphatic rings. The van der Waals surface area contributed by atoms with Crippen molar-refractivity contribution >= 4 is 5.91 Å². The molecule has 24 heavy (non-hydrogen) atoms. The molecule has 4 rings (SSSR count). The largest absolute Gasteiger partial charge is 0.454 e. The maximum Gasteiger partial charge on any atom is 0.231 e. The van der Waals surface area contributed by atoms with E-state index < -0.39 is 0 Å². The van der Waals surface area contributed by atoms with Crippen LogP contribution in [-0.2, 0) is 10.2 Å². The second-order valence-electron chi connectivity index (χ2n) is 7.32. The van der Waals surface area contributed by atoms with Crippen LogP contribution in [0.1, 0.15) is 44.1 Å². The summed E-state index contributed by atoms with van der Waals surface area (Å²) in [4.78, 5) is 12.5. The minimum absolute atomic E-state index is 0.0287. The number of rotatable bonds is 4. The number of nitrogens with one attached hydrogen (secondary N) is 2. The van der Waals surface area contributed by atoms with E-state index in [0.717, 1.165) is 50.4 Å². The fraction of sp³-hybridized carbons (Fsp3) is 0.632. The van der Waals surface area contributed by atoms with Crippen LogP contribution in [0, 0.1) is 5.92 Å². The van der Waals surface area contributed by atoms with E-state index in [2.05, 4.69) is 22.8 Å². The second-order valence-corrected chi connectivity index (χ2v) is 7.32. The van der Waals surface area contributed by atoms with Gasteiger partial charge >= 0.3 is 0 Å². The summed E-state index contributed by atoms with van der Waals surface area (Å²) in [6.45, 7) is 2.79. The van der Waals surface area contributed by atoms with Crippen molar-refractivity contribution in [3.8, 4) is 11.5 Å². The lowest BCUT2D eigenvalue weighted by molar-refractivity contribution is -0.124. The Hall–Kier alpha value is -1.75. The summed E-state index contributed by atoms with van der Waals surface area (Å²) in [7, 11) is 0. The van der Waals surface area contributed by atoms with Gasteiger partial charge in [-0.1, -0.05) is 25.3 Å². The molecule has 1 atom stereocenters. The molecule has 0 bridgehead atoms. The van der Waals surface area contributed by atoms with Gasteiger partial charge in [0.15, 0.2) is 11.5 Å². The molecule has 2 fully saturated rings. The van der Waals surface area contributed by atoms with E-state index in [4.69, 9.17) is 9.47 Å². The van der Waals surface area contributed by atoms with Gasteiger partial charge in [-0.2, -0.15) is 0 Å². The van der Waals surface area contributed by atoms with Crippen molar-refractivity contribution in [2.75, 3.05) is 26.4 Å². The maximum atomic E-state index is 12.5. The summed E-state index contributed by atoms with van der Waals surface area (Å²) >= 11 is 0. The SMILES string of the molecule is O=C(NCC1(c2ccc3c(c2)OCO3)CCCCC1)C1CCNC1. The molecule has 130 valence electrons. The first-order chi connectivity index (χ1) is 11.8.